The number of carbonyl (C=O) groups is 1. The van der Waals surface area contributed by atoms with Crippen molar-refractivity contribution in [3.63, 3.8) is 0 Å². The molecule has 0 aliphatic carbocycles. The topological polar surface area (TPSA) is 67.7 Å². The molecule has 7 nitrogen and oxygen atoms in total. The van der Waals surface area contributed by atoms with Crippen LogP contribution in [-0.2, 0) is 17.9 Å². The maximum absolute atomic E-state index is 12.9. The van der Waals surface area contributed by atoms with Crippen LogP contribution in [0.25, 0.3) is 10.9 Å². The molecule has 0 unspecified atom stereocenters. The first-order chi connectivity index (χ1) is 15.1. The summed E-state index contributed by atoms with van der Waals surface area (Å²) in [6.07, 6.45) is 2.66. The van der Waals surface area contributed by atoms with Crippen LogP contribution in [0.5, 0.6) is 5.75 Å². The van der Waals surface area contributed by atoms with E-state index in [1.54, 1.807) is 17.9 Å². The molecule has 1 fully saturated rings. The molecular weight excluding hydrogens is 392 g/mol. The molecule has 31 heavy (non-hydrogen) atoms. The highest BCUT2D eigenvalue weighted by atomic mass is 16.5. The SMILES string of the molecule is COc1ccc(CN2CCCN(C(=O)CCn3ncc(=O)c4ccccc43)CC2)cc1. The lowest BCUT2D eigenvalue weighted by molar-refractivity contribution is -0.131. The van der Waals surface area contributed by atoms with Crippen molar-refractivity contribution < 1.29 is 9.53 Å². The molecule has 162 valence electrons. The summed E-state index contributed by atoms with van der Waals surface area (Å²) >= 11 is 0. The molecule has 0 saturated carbocycles. The number of nitrogens with zero attached hydrogens (tertiary/aromatic N) is 4. The molecule has 7 heteroatoms. The number of hydrogen-bond acceptors (Lipinski definition) is 5. The summed E-state index contributed by atoms with van der Waals surface area (Å²) in [7, 11) is 1.67. The molecule has 2 aromatic carbocycles. The van der Waals surface area contributed by atoms with Crippen LogP contribution in [0.3, 0.4) is 0 Å². The Kier molecular flexibility index (Phi) is 6.62. The summed E-state index contributed by atoms with van der Waals surface area (Å²) in [4.78, 5) is 29.2. The van der Waals surface area contributed by atoms with Crippen LogP contribution in [-0.4, -0.2) is 58.8 Å². The predicted octanol–water partition coefficient (Wildman–Crippen LogP) is 2.53. The van der Waals surface area contributed by atoms with Crippen molar-refractivity contribution in [3.05, 3.63) is 70.5 Å². The van der Waals surface area contributed by atoms with Gasteiger partial charge in [0, 0.05) is 44.5 Å². The number of carbonyl (C=O) groups excluding carboxylic acids is 1. The lowest BCUT2D eigenvalue weighted by Gasteiger charge is -2.22. The average Bonchev–Trinajstić information content (AvgIpc) is 3.05. The van der Waals surface area contributed by atoms with Crippen LogP contribution >= 0.6 is 0 Å². The number of hydrogen-bond donors (Lipinski definition) is 0. The zero-order chi connectivity index (χ0) is 21.6. The molecule has 0 N–H and O–H groups in total. The van der Waals surface area contributed by atoms with E-state index in [0.717, 1.165) is 50.4 Å². The fourth-order valence-corrected chi connectivity index (χ4v) is 4.07. The first-order valence-corrected chi connectivity index (χ1v) is 10.7. The molecule has 4 rings (SSSR count). The third-order valence-electron chi connectivity index (χ3n) is 5.81. The first-order valence-electron chi connectivity index (χ1n) is 10.7. The van der Waals surface area contributed by atoms with Gasteiger partial charge in [-0.15, -0.1) is 0 Å². The maximum Gasteiger partial charge on any atom is 0.224 e. The van der Waals surface area contributed by atoms with Crippen molar-refractivity contribution in [3.8, 4) is 5.75 Å². The number of fused-ring (bicyclic) bond motifs is 1. The minimum Gasteiger partial charge on any atom is -0.497 e. The van der Waals surface area contributed by atoms with Gasteiger partial charge in [0.05, 0.1) is 25.4 Å². The van der Waals surface area contributed by atoms with Crippen LogP contribution in [0, 0.1) is 0 Å². The number of aryl methyl sites for hydroxylation is 1. The zero-order valence-corrected chi connectivity index (χ0v) is 17.9. The summed E-state index contributed by atoms with van der Waals surface area (Å²) in [5, 5.41) is 4.86. The van der Waals surface area contributed by atoms with Crippen molar-refractivity contribution in [1.82, 2.24) is 19.6 Å². The smallest absolute Gasteiger partial charge is 0.224 e. The van der Waals surface area contributed by atoms with Crippen LogP contribution in [0.2, 0.25) is 0 Å². The van der Waals surface area contributed by atoms with Crippen LogP contribution in [0.15, 0.2) is 59.5 Å². The van der Waals surface area contributed by atoms with Crippen LogP contribution < -0.4 is 10.2 Å². The Labute approximate surface area is 181 Å². The van der Waals surface area contributed by atoms with E-state index in [4.69, 9.17) is 4.74 Å². The zero-order valence-electron chi connectivity index (χ0n) is 17.9. The molecule has 1 aromatic heterocycles. The summed E-state index contributed by atoms with van der Waals surface area (Å²) in [6, 6.07) is 15.5. The van der Waals surface area contributed by atoms with Gasteiger partial charge in [-0.2, -0.15) is 5.10 Å². The number of ether oxygens (including phenoxy) is 1. The van der Waals surface area contributed by atoms with E-state index in [2.05, 4.69) is 22.1 Å². The van der Waals surface area contributed by atoms with Gasteiger partial charge >= 0.3 is 0 Å². The molecule has 1 aliphatic heterocycles. The summed E-state index contributed by atoms with van der Waals surface area (Å²) < 4.78 is 6.98. The molecule has 3 aromatic rings. The van der Waals surface area contributed by atoms with E-state index in [1.165, 1.54) is 11.8 Å². The number of amides is 1. The highest BCUT2D eigenvalue weighted by molar-refractivity contribution is 5.79. The van der Waals surface area contributed by atoms with E-state index < -0.39 is 0 Å². The third kappa shape index (κ3) is 5.11. The van der Waals surface area contributed by atoms with Gasteiger partial charge in [-0.05, 0) is 36.2 Å². The van der Waals surface area contributed by atoms with E-state index in [-0.39, 0.29) is 11.3 Å². The van der Waals surface area contributed by atoms with E-state index in [9.17, 15) is 9.59 Å². The Hall–Kier alpha value is -3.19. The van der Waals surface area contributed by atoms with Crippen molar-refractivity contribution in [2.75, 3.05) is 33.3 Å². The normalized spacial score (nSPS) is 15.1. The van der Waals surface area contributed by atoms with Gasteiger partial charge in [-0.3, -0.25) is 19.2 Å². The van der Waals surface area contributed by atoms with E-state index in [1.807, 2.05) is 35.2 Å². The highest BCUT2D eigenvalue weighted by Gasteiger charge is 2.19. The monoisotopic (exact) mass is 420 g/mol. The molecule has 1 saturated heterocycles. The molecule has 0 bridgehead atoms. The second-order valence-electron chi connectivity index (χ2n) is 7.86. The second-order valence-corrected chi connectivity index (χ2v) is 7.86. The lowest BCUT2D eigenvalue weighted by atomic mass is 10.2. The van der Waals surface area contributed by atoms with Crippen molar-refractivity contribution in [2.24, 2.45) is 0 Å². The van der Waals surface area contributed by atoms with Gasteiger partial charge in [-0.25, -0.2) is 0 Å². The van der Waals surface area contributed by atoms with Crippen LogP contribution in [0.1, 0.15) is 18.4 Å². The van der Waals surface area contributed by atoms with Gasteiger partial charge in [0.1, 0.15) is 5.75 Å². The second kappa shape index (κ2) is 9.75. The minimum absolute atomic E-state index is 0.0948. The molecule has 1 aliphatic rings. The van der Waals surface area contributed by atoms with Crippen molar-refractivity contribution in [1.29, 1.82) is 0 Å². The summed E-state index contributed by atoms with van der Waals surface area (Å²) in [5.41, 5.74) is 1.92. The quantitative estimate of drug-likeness (QED) is 0.613. The number of benzene rings is 2. The third-order valence-corrected chi connectivity index (χ3v) is 5.81. The molecule has 1 amide bonds. The number of methoxy groups -OCH3 is 1. The van der Waals surface area contributed by atoms with Gasteiger partial charge in [0.15, 0.2) is 0 Å². The van der Waals surface area contributed by atoms with Gasteiger partial charge < -0.3 is 9.64 Å². The van der Waals surface area contributed by atoms with Gasteiger partial charge in [0.25, 0.3) is 0 Å². The molecule has 0 radical (unpaired) electrons. The van der Waals surface area contributed by atoms with E-state index >= 15 is 0 Å². The molecule has 0 spiro atoms. The van der Waals surface area contributed by atoms with Crippen LogP contribution in [0.4, 0.5) is 0 Å². The van der Waals surface area contributed by atoms with E-state index in [0.29, 0.717) is 18.4 Å². The fraction of sp³-hybridized carbons (Fsp3) is 0.375. The Morgan fingerprint density at radius 1 is 1.03 bits per heavy atom. The highest BCUT2D eigenvalue weighted by Crippen LogP contribution is 2.15. The van der Waals surface area contributed by atoms with Gasteiger partial charge in [0.2, 0.25) is 11.3 Å². The minimum atomic E-state index is -0.0948. The lowest BCUT2D eigenvalue weighted by Crippen LogP contribution is -2.35. The Morgan fingerprint density at radius 2 is 1.84 bits per heavy atom. The van der Waals surface area contributed by atoms with Crippen molar-refractivity contribution >= 4 is 16.8 Å². The Morgan fingerprint density at radius 3 is 2.65 bits per heavy atom. The standard InChI is InChI=1S/C24H28N4O3/c1-31-20-9-7-19(8-10-20)18-26-12-4-13-27(16-15-26)24(30)11-14-28-22-6-3-2-5-21(22)23(29)17-25-28/h2-3,5-10,17H,4,11-16,18H2,1H3. The number of para-hydroxylation sites is 1. The number of rotatable bonds is 6. The van der Waals surface area contributed by atoms with Crippen molar-refractivity contribution in [2.45, 2.75) is 25.9 Å². The molecule has 0 atom stereocenters. The number of aromatic nitrogens is 2. The first kappa shape index (κ1) is 21.1. The fourth-order valence-electron chi connectivity index (χ4n) is 4.07. The predicted molar refractivity (Wildman–Crippen MR) is 120 cm³/mol. The Bertz CT molecular complexity index is 1090. The summed E-state index contributed by atoms with van der Waals surface area (Å²) in [6.45, 7) is 4.67. The molecule has 2 heterocycles. The molecular formula is C24H28N4O3. The summed E-state index contributed by atoms with van der Waals surface area (Å²) in [5.74, 6) is 0.997. The average molecular weight is 421 g/mol. The van der Waals surface area contributed by atoms with Gasteiger partial charge in [-0.1, -0.05) is 24.3 Å². The maximum atomic E-state index is 12.9. The Balaban J connectivity index is 1.33. The largest absolute Gasteiger partial charge is 0.497 e.